The average molecular weight is 451 g/mol. The van der Waals surface area contributed by atoms with E-state index in [9.17, 15) is 28.5 Å². The zero-order chi connectivity index (χ0) is 23.7. The van der Waals surface area contributed by atoms with Crippen LogP contribution in [0.1, 0.15) is 10.4 Å². The molecule has 0 fully saturated rings. The highest BCUT2D eigenvalue weighted by molar-refractivity contribution is 6.12. The van der Waals surface area contributed by atoms with Crippen LogP contribution in [0.4, 0.5) is 20.2 Å². The molecule has 0 bridgehead atoms. The van der Waals surface area contributed by atoms with Crippen LogP contribution in [0.5, 0.6) is 11.5 Å². The van der Waals surface area contributed by atoms with E-state index in [1.165, 1.54) is 23.9 Å². The lowest BCUT2D eigenvalue weighted by atomic mass is 10.1. The third-order valence-electron chi connectivity index (χ3n) is 4.82. The number of nitro groups is 1. The van der Waals surface area contributed by atoms with E-state index in [2.05, 4.69) is 5.32 Å². The van der Waals surface area contributed by atoms with Crippen LogP contribution in [0.2, 0.25) is 0 Å². The SMILES string of the molecule is Cn1cc(C(=O)Nc2cc(Oc3ccc(F)cc3F)cc([N+](=O)[O-])c2)c2ccccc2c1=O. The van der Waals surface area contributed by atoms with E-state index in [4.69, 9.17) is 4.74 Å². The number of hydrogen-bond acceptors (Lipinski definition) is 5. The Bertz CT molecular complexity index is 1480. The maximum atomic E-state index is 13.9. The number of aromatic nitrogens is 1. The normalized spacial score (nSPS) is 10.8. The Hall–Kier alpha value is -4.60. The molecule has 33 heavy (non-hydrogen) atoms. The highest BCUT2D eigenvalue weighted by Gasteiger charge is 2.18. The van der Waals surface area contributed by atoms with Gasteiger partial charge in [0, 0.05) is 42.2 Å². The summed E-state index contributed by atoms with van der Waals surface area (Å²) in [5, 5.41) is 14.7. The van der Waals surface area contributed by atoms with Gasteiger partial charge in [-0.1, -0.05) is 18.2 Å². The highest BCUT2D eigenvalue weighted by atomic mass is 19.1. The van der Waals surface area contributed by atoms with Crippen molar-refractivity contribution in [2.45, 2.75) is 0 Å². The van der Waals surface area contributed by atoms with E-state index >= 15 is 0 Å². The van der Waals surface area contributed by atoms with Gasteiger partial charge in [-0.2, -0.15) is 0 Å². The second-order valence-electron chi connectivity index (χ2n) is 7.11. The number of hydrogen-bond donors (Lipinski definition) is 1. The van der Waals surface area contributed by atoms with Crippen LogP contribution in [0, 0.1) is 21.7 Å². The Morgan fingerprint density at radius 2 is 1.79 bits per heavy atom. The van der Waals surface area contributed by atoms with Gasteiger partial charge in [0.05, 0.1) is 22.2 Å². The number of pyridine rings is 1. The number of fused-ring (bicyclic) bond motifs is 1. The van der Waals surface area contributed by atoms with Gasteiger partial charge in [0.25, 0.3) is 17.2 Å². The average Bonchev–Trinajstić information content (AvgIpc) is 2.78. The van der Waals surface area contributed by atoms with Gasteiger partial charge in [0.15, 0.2) is 11.6 Å². The monoisotopic (exact) mass is 451 g/mol. The van der Waals surface area contributed by atoms with Crippen LogP contribution >= 0.6 is 0 Å². The molecule has 166 valence electrons. The van der Waals surface area contributed by atoms with E-state index in [0.717, 1.165) is 24.3 Å². The van der Waals surface area contributed by atoms with Crippen molar-refractivity contribution in [1.29, 1.82) is 0 Å². The lowest BCUT2D eigenvalue weighted by molar-refractivity contribution is -0.384. The fourth-order valence-electron chi connectivity index (χ4n) is 3.30. The Labute approximate surface area is 184 Å². The van der Waals surface area contributed by atoms with Crippen molar-refractivity contribution < 1.29 is 23.2 Å². The van der Waals surface area contributed by atoms with Gasteiger partial charge in [0.2, 0.25) is 0 Å². The number of nitro benzene ring substituents is 1. The van der Waals surface area contributed by atoms with Crippen molar-refractivity contribution >= 4 is 28.1 Å². The summed E-state index contributed by atoms with van der Waals surface area (Å²) in [7, 11) is 1.50. The summed E-state index contributed by atoms with van der Waals surface area (Å²) in [5.74, 6) is -2.92. The van der Waals surface area contributed by atoms with Crippen LogP contribution in [0.25, 0.3) is 10.8 Å². The van der Waals surface area contributed by atoms with Gasteiger partial charge in [-0.25, -0.2) is 8.78 Å². The Morgan fingerprint density at radius 3 is 2.48 bits per heavy atom. The fraction of sp³-hybridized carbons (Fsp3) is 0.0435. The maximum absolute atomic E-state index is 13.9. The molecule has 10 heteroatoms. The number of aryl methyl sites for hydroxylation is 1. The molecule has 1 aromatic heterocycles. The van der Waals surface area contributed by atoms with Gasteiger partial charge in [-0.05, 0) is 18.2 Å². The minimum atomic E-state index is -0.997. The number of carbonyl (C=O) groups is 1. The van der Waals surface area contributed by atoms with Crippen LogP contribution in [-0.4, -0.2) is 15.4 Å². The second kappa shape index (κ2) is 8.50. The van der Waals surface area contributed by atoms with Crippen LogP contribution in [-0.2, 0) is 7.05 Å². The zero-order valence-corrected chi connectivity index (χ0v) is 17.0. The quantitative estimate of drug-likeness (QED) is 0.348. The molecule has 0 atom stereocenters. The molecule has 1 heterocycles. The topological polar surface area (TPSA) is 103 Å². The number of nitrogens with zero attached hydrogens (tertiary/aromatic N) is 2. The molecule has 0 aliphatic carbocycles. The zero-order valence-electron chi connectivity index (χ0n) is 17.0. The van der Waals surface area contributed by atoms with E-state index in [-0.39, 0.29) is 28.3 Å². The molecule has 0 saturated heterocycles. The number of nitrogens with one attached hydrogen (secondary N) is 1. The summed E-state index contributed by atoms with van der Waals surface area (Å²) < 4.78 is 33.7. The molecule has 0 spiro atoms. The molecular weight excluding hydrogens is 436 g/mol. The van der Waals surface area contributed by atoms with Crippen LogP contribution in [0.15, 0.2) is 71.7 Å². The third-order valence-corrected chi connectivity index (χ3v) is 4.82. The van der Waals surface area contributed by atoms with Gasteiger partial charge in [-0.15, -0.1) is 0 Å². The summed E-state index contributed by atoms with van der Waals surface area (Å²) >= 11 is 0. The molecular formula is C23H15F2N3O5. The van der Waals surface area contributed by atoms with Gasteiger partial charge in [-0.3, -0.25) is 19.7 Å². The maximum Gasteiger partial charge on any atom is 0.275 e. The molecule has 8 nitrogen and oxygen atoms in total. The van der Waals surface area contributed by atoms with E-state index < -0.39 is 28.2 Å². The third kappa shape index (κ3) is 4.40. The van der Waals surface area contributed by atoms with E-state index in [0.29, 0.717) is 16.8 Å². The van der Waals surface area contributed by atoms with Crippen LogP contribution < -0.4 is 15.6 Å². The fourth-order valence-corrected chi connectivity index (χ4v) is 3.30. The molecule has 0 aliphatic heterocycles. The van der Waals surface area contributed by atoms with Crippen molar-refractivity contribution in [3.63, 3.8) is 0 Å². The first-order chi connectivity index (χ1) is 15.7. The number of amides is 1. The summed E-state index contributed by atoms with van der Waals surface area (Å²) in [6.45, 7) is 0. The number of benzene rings is 3. The first-order valence-electron chi connectivity index (χ1n) is 9.55. The predicted molar refractivity (Wildman–Crippen MR) is 117 cm³/mol. The minimum absolute atomic E-state index is 0.00431. The largest absolute Gasteiger partial charge is 0.454 e. The summed E-state index contributed by atoms with van der Waals surface area (Å²) in [4.78, 5) is 36.0. The van der Waals surface area contributed by atoms with Crippen molar-refractivity contribution in [3.8, 4) is 11.5 Å². The Morgan fingerprint density at radius 1 is 1.06 bits per heavy atom. The molecule has 0 saturated carbocycles. The number of rotatable bonds is 5. The first kappa shape index (κ1) is 21.6. The molecule has 0 aliphatic rings. The van der Waals surface area contributed by atoms with E-state index in [1.807, 2.05) is 0 Å². The molecule has 0 unspecified atom stereocenters. The first-order valence-corrected chi connectivity index (χ1v) is 9.55. The molecule has 1 N–H and O–H groups in total. The van der Waals surface area contributed by atoms with Gasteiger partial charge >= 0.3 is 0 Å². The molecule has 1 amide bonds. The van der Waals surface area contributed by atoms with Gasteiger partial charge in [0.1, 0.15) is 11.6 Å². The molecule has 3 aromatic carbocycles. The number of ether oxygens (including phenoxy) is 1. The van der Waals surface area contributed by atoms with Crippen molar-refractivity contribution in [1.82, 2.24) is 4.57 Å². The highest BCUT2D eigenvalue weighted by Crippen LogP contribution is 2.31. The van der Waals surface area contributed by atoms with Crippen LogP contribution in [0.3, 0.4) is 0 Å². The van der Waals surface area contributed by atoms with Crippen molar-refractivity contribution in [3.05, 3.63) is 105 Å². The summed E-state index contributed by atoms with van der Waals surface area (Å²) in [6.07, 6.45) is 1.36. The van der Waals surface area contributed by atoms with E-state index in [1.54, 1.807) is 24.3 Å². The molecule has 0 radical (unpaired) electrons. The van der Waals surface area contributed by atoms with Crippen molar-refractivity contribution in [2.75, 3.05) is 5.32 Å². The molecule has 4 aromatic rings. The summed E-state index contributed by atoms with van der Waals surface area (Å²) in [6, 6.07) is 12.6. The Kier molecular flexibility index (Phi) is 5.57. The lowest BCUT2D eigenvalue weighted by Gasteiger charge is -2.12. The smallest absolute Gasteiger partial charge is 0.275 e. The standard InChI is InChI=1S/C23H15F2N3O5/c1-27-12-19(17-4-2-3-5-18(17)23(27)30)22(29)26-14-9-15(28(31)32)11-16(10-14)33-21-7-6-13(24)8-20(21)25/h2-12H,1H3,(H,26,29). The van der Waals surface area contributed by atoms with Crippen molar-refractivity contribution in [2.24, 2.45) is 7.05 Å². The molecule has 4 rings (SSSR count). The number of non-ortho nitro benzene ring substituents is 1. The number of halogens is 2. The minimum Gasteiger partial charge on any atom is -0.454 e. The lowest BCUT2D eigenvalue weighted by Crippen LogP contribution is -2.21. The number of carbonyl (C=O) groups excluding carboxylic acids is 1. The predicted octanol–water partition coefficient (Wildman–Crippen LogP) is 4.77. The van der Waals surface area contributed by atoms with Gasteiger partial charge < -0.3 is 14.6 Å². The summed E-state index contributed by atoms with van der Waals surface area (Å²) in [5.41, 5.74) is -0.527. The second-order valence-corrected chi connectivity index (χ2v) is 7.11. The Balaban J connectivity index is 1.72. The number of anilines is 1.